The largest absolute Gasteiger partial charge is 0.462 e. The Balaban J connectivity index is 4.31. The molecule has 0 aromatic carbocycles. The van der Waals surface area contributed by atoms with Crippen LogP contribution in [0.25, 0.3) is 0 Å². The number of ether oxygens (including phenoxy) is 3. The summed E-state index contributed by atoms with van der Waals surface area (Å²) in [6.45, 7) is 6.30. The van der Waals surface area contributed by atoms with E-state index in [-0.39, 0.29) is 31.1 Å². The molecule has 0 saturated heterocycles. The summed E-state index contributed by atoms with van der Waals surface area (Å²) >= 11 is 0. The van der Waals surface area contributed by atoms with Gasteiger partial charge in [0.2, 0.25) is 0 Å². The minimum Gasteiger partial charge on any atom is -0.462 e. The van der Waals surface area contributed by atoms with Crippen molar-refractivity contribution in [3.05, 3.63) is 122 Å². The maximum Gasteiger partial charge on any atom is 0.306 e. The van der Waals surface area contributed by atoms with Crippen LogP contribution in [0.3, 0.4) is 0 Å². The van der Waals surface area contributed by atoms with Crippen LogP contribution in [0.5, 0.6) is 0 Å². The number of unbranched alkanes of at least 4 members (excludes halogenated alkanes) is 15. The lowest BCUT2D eigenvalue weighted by atomic mass is 10.1. The van der Waals surface area contributed by atoms with Gasteiger partial charge in [0.1, 0.15) is 13.2 Å². The highest BCUT2D eigenvalue weighted by molar-refractivity contribution is 5.71. The van der Waals surface area contributed by atoms with Crippen molar-refractivity contribution in [2.24, 2.45) is 0 Å². The summed E-state index contributed by atoms with van der Waals surface area (Å²) in [6.07, 6.45) is 73.5. The number of esters is 3. The van der Waals surface area contributed by atoms with E-state index in [1.54, 1.807) is 0 Å². The molecule has 0 rings (SSSR count). The fourth-order valence-electron chi connectivity index (χ4n) is 6.79. The molecule has 0 aromatic rings. The van der Waals surface area contributed by atoms with E-state index in [1.165, 1.54) is 19.3 Å². The Bertz CT molecular complexity index is 1420. The molecule has 0 radical (unpaired) electrons. The fourth-order valence-corrected chi connectivity index (χ4v) is 6.79. The summed E-state index contributed by atoms with van der Waals surface area (Å²) < 4.78 is 16.7. The van der Waals surface area contributed by atoms with E-state index in [9.17, 15) is 14.4 Å². The molecular weight excluding hydrogens is 817 g/mol. The molecule has 0 spiro atoms. The van der Waals surface area contributed by atoms with E-state index in [4.69, 9.17) is 14.2 Å². The molecule has 0 N–H and O–H groups in total. The van der Waals surface area contributed by atoms with Crippen LogP contribution in [0.2, 0.25) is 0 Å². The molecule has 1 atom stereocenters. The zero-order valence-electron chi connectivity index (χ0n) is 42.4. The molecule has 0 amide bonds. The molecule has 372 valence electrons. The van der Waals surface area contributed by atoms with Crippen LogP contribution < -0.4 is 0 Å². The summed E-state index contributed by atoms with van der Waals surface area (Å²) in [7, 11) is 0. The Morgan fingerprint density at radius 2 is 0.591 bits per heavy atom. The van der Waals surface area contributed by atoms with Gasteiger partial charge < -0.3 is 14.2 Å². The summed E-state index contributed by atoms with van der Waals surface area (Å²) in [5, 5.41) is 0. The highest BCUT2D eigenvalue weighted by atomic mass is 16.6. The first-order valence-corrected chi connectivity index (χ1v) is 26.5. The van der Waals surface area contributed by atoms with Crippen molar-refractivity contribution in [3.63, 3.8) is 0 Å². The van der Waals surface area contributed by atoms with Crippen LogP contribution >= 0.6 is 0 Å². The van der Waals surface area contributed by atoms with Crippen LogP contribution in [0.1, 0.15) is 220 Å². The van der Waals surface area contributed by atoms with Crippen LogP contribution in [0.15, 0.2) is 122 Å². The number of rotatable bonds is 46. The van der Waals surface area contributed by atoms with E-state index in [0.29, 0.717) is 19.3 Å². The third-order valence-electron chi connectivity index (χ3n) is 10.7. The van der Waals surface area contributed by atoms with Gasteiger partial charge in [-0.1, -0.05) is 213 Å². The standard InChI is InChI=1S/C60H96O6/c1-4-7-10-13-16-18-20-22-24-26-28-30-32-34-36-38-40-42-44-47-50-53-59(62)65-56-57(55-64-58(61)52-49-46-15-12-9-6-3)66-60(63)54-51-48-45-43-41-39-37-35-33-31-29-27-25-23-21-19-17-14-11-8-5-2/h7-8,10-11,16-19,22-25,28-31,34-37,57H,4-6,9,12-15,20-21,26-27,32-33,38-56H2,1-3H3/b10-7-,11-8-,18-16-,19-17-,24-22-,25-23-,30-28-,31-29-,36-34-,37-35-. The molecule has 0 aromatic heterocycles. The van der Waals surface area contributed by atoms with Crippen molar-refractivity contribution in [2.45, 2.75) is 226 Å². The Kier molecular flexibility index (Phi) is 50.0. The number of carbonyl (C=O) groups is 3. The molecule has 66 heavy (non-hydrogen) atoms. The maximum atomic E-state index is 12.8. The number of hydrogen-bond donors (Lipinski definition) is 0. The highest BCUT2D eigenvalue weighted by Crippen LogP contribution is 2.13. The zero-order valence-corrected chi connectivity index (χ0v) is 42.4. The normalized spacial score (nSPS) is 13.1. The summed E-state index contributed by atoms with van der Waals surface area (Å²) in [6, 6.07) is 0. The highest BCUT2D eigenvalue weighted by Gasteiger charge is 2.19. The van der Waals surface area contributed by atoms with Crippen LogP contribution in [-0.2, 0) is 28.6 Å². The molecule has 0 bridgehead atoms. The topological polar surface area (TPSA) is 78.9 Å². The quantitative estimate of drug-likeness (QED) is 0.0262. The fraction of sp³-hybridized carbons (Fsp3) is 0.617. The summed E-state index contributed by atoms with van der Waals surface area (Å²) in [5.41, 5.74) is 0. The Labute approximate surface area is 405 Å². The van der Waals surface area contributed by atoms with E-state index < -0.39 is 6.10 Å². The summed E-state index contributed by atoms with van der Waals surface area (Å²) in [4.78, 5) is 37.8. The van der Waals surface area contributed by atoms with Crippen molar-refractivity contribution in [3.8, 4) is 0 Å². The summed E-state index contributed by atoms with van der Waals surface area (Å²) in [5.74, 6) is -0.951. The Morgan fingerprint density at radius 1 is 0.318 bits per heavy atom. The van der Waals surface area contributed by atoms with Crippen molar-refractivity contribution >= 4 is 17.9 Å². The lowest BCUT2D eigenvalue weighted by Crippen LogP contribution is -2.30. The van der Waals surface area contributed by atoms with Gasteiger partial charge in [-0.15, -0.1) is 0 Å². The lowest BCUT2D eigenvalue weighted by Gasteiger charge is -2.18. The monoisotopic (exact) mass is 913 g/mol. The average molecular weight is 913 g/mol. The van der Waals surface area contributed by atoms with Gasteiger partial charge in [0.25, 0.3) is 0 Å². The maximum absolute atomic E-state index is 12.8. The van der Waals surface area contributed by atoms with E-state index in [0.717, 1.165) is 161 Å². The van der Waals surface area contributed by atoms with Gasteiger partial charge in [-0.05, 0) is 109 Å². The first-order chi connectivity index (χ1) is 32.5. The second-order valence-corrected chi connectivity index (χ2v) is 17.0. The van der Waals surface area contributed by atoms with E-state index in [1.807, 2.05) is 0 Å². The SMILES string of the molecule is CC/C=C\C/C=C\C/C=C\C/C=C\C/C=C\CCCCCCCC(=O)OCC(COC(=O)CCCCCCCC)OC(=O)CCCCCCC/C=C\C/C=C\C/C=C\C/C=C\C/C=C\CC. The van der Waals surface area contributed by atoms with Crippen LogP contribution in [0, 0.1) is 0 Å². The third kappa shape index (κ3) is 50.8. The van der Waals surface area contributed by atoms with Gasteiger partial charge in [-0.2, -0.15) is 0 Å². The van der Waals surface area contributed by atoms with Gasteiger partial charge in [0, 0.05) is 19.3 Å². The number of carbonyl (C=O) groups excluding carboxylic acids is 3. The van der Waals surface area contributed by atoms with Crippen LogP contribution in [0.4, 0.5) is 0 Å². The molecule has 6 nitrogen and oxygen atoms in total. The van der Waals surface area contributed by atoms with Gasteiger partial charge >= 0.3 is 17.9 Å². The number of hydrogen-bond acceptors (Lipinski definition) is 6. The molecule has 1 unspecified atom stereocenters. The van der Waals surface area contributed by atoms with E-state index >= 15 is 0 Å². The molecular formula is C60H96O6. The van der Waals surface area contributed by atoms with Crippen molar-refractivity contribution in [2.75, 3.05) is 13.2 Å². The molecule has 0 aliphatic carbocycles. The smallest absolute Gasteiger partial charge is 0.306 e. The second-order valence-electron chi connectivity index (χ2n) is 17.0. The molecule has 0 fully saturated rings. The predicted octanol–water partition coefficient (Wildman–Crippen LogP) is 17.7. The van der Waals surface area contributed by atoms with Gasteiger partial charge in [-0.25, -0.2) is 0 Å². The second kappa shape index (κ2) is 53.4. The molecule has 0 heterocycles. The van der Waals surface area contributed by atoms with E-state index in [2.05, 4.69) is 142 Å². The Hall–Kier alpha value is -4.19. The zero-order chi connectivity index (χ0) is 47.9. The average Bonchev–Trinajstić information content (AvgIpc) is 3.31. The predicted molar refractivity (Wildman–Crippen MR) is 283 cm³/mol. The molecule has 0 aliphatic heterocycles. The van der Waals surface area contributed by atoms with Crippen molar-refractivity contribution in [1.29, 1.82) is 0 Å². The Morgan fingerprint density at radius 3 is 0.924 bits per heavy atom. The number of allylic oxidation sites excluding steroid dienone is 20. The van der Waals surface area contributed by atoms with Crippen molar-refractivity contribution in [1.82, 2.24) is 0 Å². The lowest BCUT2D eigenvalue weighted by molar-refractivity contribution is -0.167. The minimum absolute atomic E-state index is 0.0959. The van der Waals surface area contributed by atoms with Crippen LogP contribution in [-0.4, -0.2) is 37.2 Å². The minimum atomic E-state index is -0.797. The molecule has 0 saturated carbocycles. The first-order valence-electron chi connectivity index (χ1n) is 26.5. The van der Waals surface area contributed by atoms with Gasteiger partial charge in [-0.3, -0.25) is 14.4 Å². The van der Waals surface area contributed by atoms with Crippen molar-refractivity contribution < 1.29 is 28.6 Å². The molecule has 6 heteroatoms. The third-order valence-corrected chi connectivity index (χ3v) is 10.7. The van der Waals surface area contributed by atoms with Gasteiger partial charge in [0.05, 0.1) is 0 Å². The first kappa shape index (κ1) is 61.8. The van der Waals surface area contributed by atoms with Gasteiger partial charge in [0.15, 0.2) is 6.10 Å². The molecule has 0 aliphatic rings.